The molecule has 1 saturated carbocycles. The lowest BCUT2D eigenvalue weighted by molar-refractivity contribution is -0.144. The van der Waals surface area contributed by atoms with E-state index in [1.807, 2.05) is 12.1 Å². The summed E-state index contributed by atoms with van der Waals surface area (Å²) in [6, 6.07) is 7.27. The minimum absolute atomic E-state index is 0.0490. The Labute approximate surface area is 142 Å². The first-order valence-electron chi connectivity index (χ1n) is 9.11. The van der Waals surface area contributed by atoms with Gasteiger partial charge in [-0.25, -0.2) is 4.39 Å². The minimum Gasteiger partial charge on any atom is -0.363 e. The number of hydrogen-bond donors (Lipinski definition) is 1. The summed E-state index contributed by atoms with van der Waals surface area (Å²) >= 11 is 0. The van der Waals surface area contributed by atoms with Gasteiger partial charge in [0.2, 0.25) is 5.91 Å². The summed E-state index contributed by atoms with van der Waals surface area (Å²) < 4.78 is 20.0. The van der Waals surface area contributed by atoms with Gasteiger partial charge in [0.25, 0.3) is 0 Å². The van der Waals surface area contributed by atoms with Crippen LogP contribution in [0.15, 0.2) is 24.3 Å². The van der Waals surface area contributed by atoms with Gasteiger partial charge in [0, 0.05) is 31.2 Å². The zero-order chi connectivity index (χ0) is 16.5. The molecule has 1 aromatic carbocycles. The number of amides is 1. The molecule has 0 radical (unpaired) electrons. The molecular formula is C19H25FN2O2. The Balaban J connectivity index is 1.32. The van der Waals surface area contributed by atoms with Gasteiger partial charge in [0.1, 0.15) is 11.9 Å². The van der Waals surface area contributed by atoms with E-state index in [1.165, 1.54) is 18.9 Å². The maximum absolute atomic E-state index is 13.9. The van der Waals surface area contributed by atoms with E-state index in [9.17, 15) is 9.18 Å². The van der Waals surface area contributed by atoms with Crippen LogP contribution in [0.25, 0.3) is 0 Å². The first-order chi connectivity index (χ1) is 11.7. The van der Waals surface area contributed by atoms with Crippen molar-refractivity contribution >= 4 is 5.91 Å². The molecular weight excluding hydrogens is 307 g/mol. The lowest BCUT2D eigenvalue weighted by atomic mass is 9.98. The fourth-order valence-corrected chi connectivity index (χ4v) is 3.93. The summed E-state index contributed by atoms with van der Waals surface area (Å²) in [7, 11) is 0. The molecule has 1 N–H and O–H groups in total. The van der Waals surface area contributed by atoms with E-state index in [-0.39, 0.29) is 23.9 Å². The fraction of sp³-hybridized carbons (Fsp3) is 0.632. The van der Waals surface area contributed by atoms with Crippen LogP contribution in [0.1, 0.15) is 37.7 Å². The van der Waals surface area contributed by atoms with Crippen LogP contribution in [0.3, 0.4) is 0 Å². The first kappa shape index (κ1) is 16.0. The summed E-state index contributed by atoms with van der Waals surface area (Å²) in [5.41, 5.74) is 0.738. The predicted octanol–water partition coefficient (Wildman–Crippen LogP) is 2.47. The highest BCUT2D eigenvalue weighted by molar-refractivity contribution is 5.80. The third-order valence-electron chi connectivity index (χ3n) is 5.55. The summed E-state index contributed by atoms with van der Waals surface area (Å²) in [6.45, 7) is 2.32. The van der Waals surface area contributed by atoms with Crippen LogP contribution in [0.2, 0.25) is 0 Å². The van der Waals surface area contributed by atoms with Gasteiger partial charge in [-0.2, -0.15) is 0 Å². The van der Waals surface area contributed by atoms with Crippen molar-refractivity contribution in [1.29, 1.82) is 0 Å². The fourth-order valence-electron chi connectivity index (χ4n) is 3.93. The molecule has 3 fully saturated rings. The smallest absolute Gasteiger partial charge is 0.249 e. The normalized spacial score (nSPS) is 30.1. The maximum Gasteiger partial charge on any atom is 0.249 e. The molecule has 5 heteroatoms. The van der Waals surface area contributed by atoms with Gasteiger partial charge in [-0.05, 0) is 44.1 Å². The SMILES string of the molecule is O=C(NCC1CC1)[C@@H]1CC[C@H]2[C@H](CCN2Cc2ccccc2F)O1. The number of benzene rings is 1. The van der Waals surface area contributed by atoms with E-state index < -0.39 is 0 Å². The van der Waals surface area contributed by atoms with Gasteiger partial charge in [-0.15, -0.1) is 0 Å². The second-order valence-electron chi connectivity index (χ2n) is 7.35. The molecule has 4 rings (SSSR count). The molecule has 0 spiro atoms. The van der Waals surface area contributed by atoms with E-state index in [0.29, 0.717) is 18.5 Å². The van der Waals surface area contributed by atoms with Gasteiger partial charge in [0.05, 0.1) is 6.10 Å². The molecule has 4 nitrogen and oxygen atoms in total. The number of ether oxygens (including phenoxy) is 1. The molecule has 0 unspecified atom stereocenters. The Bertz CT molecular complexity index is 605. The number of halogens is 1. The number of hydrogen-bond acceptors (Lipinski definition) is 3. The average Bonchev–Trinajstić information content (AvgIpc) is 3.35. The van der Waals surface area contributed by atoms with Gasteiger partial charge in [0.15, 0.2) is 0 Å². The standard InChI is InChI=1S/C19H25FN2O2/c20-15-4-2-1-3-14(15)12-22-10-9-17-16(22)7-8-18(24-17)19(23)21-11-13-5-6-13/h1-4,13,16-18H,5-12H2,(H,21,23)/t16-,17-,18-/m0/s1. The van der Waals surface area contributed by atoms with Crippen molar-refractivity contribution in [1.82, 2.24) is 10.2 Å². The van der Waals surface area contributed by atoms with E-state index in [0.717, 1.165) is 37.9 Å². The predicted molar refractivity (Wildman–Crippen MR) is 88.8 cm³/mol. The van der Waals surface area contributed by atoms with Crippen LogP contribution in [-0.4, -0.2) is 42.1 Å². The third-order valence-corrected chi connectivity index (χ3v) is 5.55. The van der Waals surface area contributed by atoms with Crippen molar-refractivity contribution in [3.63, 3.8) is 0 Å². The summed E-state index contributed by atoms with van der Waals surface area (Å²) in [6.07, 6.45) is 4.89. The van der Waals surface area contributed by atoms with Crippen molar-refractivity contribution in [2.24, 2.45) is 5.92 Å². The molecule has 2 aliphatic heterocycles. The number of nitrogens with zero attached hydrogens (tertiary/aromatic N) is 1. The first-order valence-corrected chi connectivity index (χ1v) is 9.11. The number of likely N-dealkylation sites (tertiary alicyclic amines) is 1. The molecule has 3 aliphatic rings. The Morgan fingerprint density at radius 1 is 1.21 bits per heavy atom. The Morgan fingerprint density at radius 2 is 2.04 bits per heavy atom. The van der Waals surface area contributed by atoms with Crippen LogP contribution in [-0.2, 0) is 16.1 Å². The van der Waals surface area contributed by atoms with Crippen molar-refractivity contribution in [2.75, 3.05) is 13.1 Å². The topological polar surface area (TPSA) is 41.6 Å². The third kappa shape index (κ3) is 3.47. The molecule has 1 aromatic rings. The largest absolute Gasteiger partial charge is 0.363 e. The minimum atomic E-state index is -0.307. The average molecular weight is 332 g/mol. The van der Waals surface area contributed by atoms with Crippen molar-refractivity contribution in [3.05, 3.63) is 35.6 Å². The molecule has 130 valence electrons. The molecule has 3 atom stereocenters. The van der Waals surface area contributed by atoms with Gasteiger partial charge >= 0.3 is 0 Å². The molecule has 2 saturated heterocycles. The highest BCUT2D eigenvalue weighted by atomic mass is 19.1. The summed E-state index contributed by atoms with van der Waals surface area (Å²) in [5.74, 6) is 0.593. The zero-order valence-electron chi connectivity index (χ0n) is 13.9. The number of carbonyl (C=O) groups excluding carboxylic acids is 1. The lowest BCUT2D eigenvalue weighted by Gasteiger charge is -2.35. The van der Waals surface area contributed by atoms with Crippen LogP contribution in [0, 0.1) is 11.7 Å². The lowest BCUT2D eigenvalue weighted by Crippen LogP contribution is -2.48. The summed E-state index contributed by atoms with van der Waals surface area (Å²) in [5, 5.41) is 3.03. The summed E-state index contributed by atoms with van der Waals surface area (Å²) in [4.78, 5) is 14.5. The second kappa shape index (κ2) is 6.81. The van der Waals surface area contributed by atoms with E-state index in [2.05, 4.69) is 10.2 Å². The highest BCUT2D eigenvalue weighted by Gasteiger charge is 2.41. The van der Waals surface area contributed by atoms with Gasteiger partial charge in [-0.1, -0.05) is 18.2 Å². The molecule has 0 aromatic heterocycles. The Kier molecular flexibility index (Phi) is 4.55. The molecule has 0 bridgehead atoms. The van der Waals surface area contributed by atoms with Gasteiger partial charge in [-0.3, -0.25) is 9.69 Å². The quantitative estimate of drug-likeness (QED) is 0.901. The Morgan fingerprint density at radius 3 is 2.83 bits per heavy atom. The van der Waals surface area contributed by atoms with Crippen molar-refractivity contribution < 1.29 is 13.9 Å². The number of carbonyl (C=O) groups is 1. The molecule has 24 heavy (non-hydrogen) atoms. The molecule has 1 aliphatic carbocycles. The Hall–Kier alpha value is -1.46. The zero-order valence-corrected chi connectivity index (χ0v) is 13.9. The van der Waals surface area contributed by atoms with Crippen LogP contribution in [0.4, 0.5) is 4.39 Å². The van der Waals surface area contributed by atoms with E-state index in [1.54, 1.807) is 6.07 Å². The number of fused-ring (bicyclic) bond motifs is 1. The van der Waals surface area contributed by atoms with Crippen LogP contribution < -0.4 is 5.32 Å². The van der Waals surface area contributed by atoms with Crippen LogP contribution in [0.5, 0.6) is 0 Å². The monoisotopic (exact) mass is 332 g/mol. The number of rotatable bonds is 5. The molecule has 2 heterocycles. The second-order valence-corrected chi connectivity index (χ2v) is 7.35. The van der Waals surface area contributed by atoms with Crippen molar-refractivity contribution in [3.8, 4) is 0 Å². The van der Waals surface area contributed by atoms with E-state index >= 15 is 0 Å². The van der Waals surface area contributed by atoms with Crippen molar-refractivity contribution in [2.45, 2.75) is 56.9 Å². The highest BCUT2D eigenvalue weighted by Crippen LogP contribution is 2.33. The maximum atomic E-state index is 13.9. The van der Waals surface area contributed by atoms with Gasteiger partial charge < -0.3 is 10.1 Å². The van der Waals surface area contributed by atoms with E-state index in [4.69, 9.17) is 4.74 Å². The molecule has 1 amide bonds. The van der Waals surface area contributed by atoms with Crippen LogP contribution >= 0.6 is 0 Å². The number of nitrogens with one attached hydrogen (secondary N) is 1.